The first-order valence-corrected chi connectivity index (χ1v) is 6.49. The molecule has 2 nitrogen and oxygen atoms in total. The van der Waals surface area contributed by atoms with Crippen LogP contribution < -0.4 is 0 Å². The molecule has 0 spiro atoms. The minimum atomic E-state index is 0.234. The highest BCUT2D eigenvalue weighted by Gasteiger charge is 2.16. The summed E-state index contributed by atoms with van der Waals surface area (Å²) in [6, 6.07) is 12.4. The Kier molecular flexibility index (Phi) is 4.59. The molecule has 0 aliphatic rings. The van der Waals surface area contributed by atoms with Gasteiger partial charge in [0.1, 0.15) is 0 Å². The first-order valence-electron chi connectivity index (χ1n) is 6.49. The van der Waals surface area contributed by atoms with E-state index in [0.29, 0.717) is 11.8 Å². The fraction of sp³-hybridized carbons (Fsp3) is 0.375. The summed E-state index contributed by atoms with van der Waals surface area (Å²) in [7, 11) is 0. The third-order valence-corrected chi connectivity index (χ3v) is 3.50. The maximum absolute atomic E-state index is 9.22. The highest BCUT2D eigenvalue weighted by Crippen LogP contribution is 2.31. The highest BCUT2D eigenvalue weighted by atomic mass is 16.3. The van der Waals surface area contributed by atoms with Crippen molar-refractivity contribution in [3.05, 3.63) is 60.1 Å². The van der Waals surface area contributed by atoms with Crippen LogP contribution in [0.4, 0.5) is 0 Å². The second-order valence-electron chi connectivity index (χ2n) is 4.81. The molecule has 1 N–H and O–H groups in total. The molecule has 96 valence electrons. The molecule has 18 heavy (non-hydrogen) atoms. The normalized spacial score (nSPS) is 14.3. The Morgan fingerprint density at radius 1 is 1.11 bits per heavy atom. The van der Waals surface area contributed by atoms with E-state index in [2.05, 4.69) is 31.2 Å². The molecule has 1 aromatic heterocycles. The SMILES string of the molecule is C[C@@H](C[C@H](CCO)c1ccccc1)c1ccoc1. The van der Waals surface area contributed by atoms with Gasteiger partial charge in [-0.15, -0.1) is 0 Å². The predicted octanol–water partition coefficient (Wildman–Crippen LogP) is 3.94. The molecule has 0 fully saturated rings. The van der Waals surface area contributed by atoms with Crippen LogP contribution >= 0.6 is 0 Å². The van der Waals surface area contributed by atoms with Crippen molar-refractivity contribution in [1.82, 2.24) is 0 Å². The largest absolute Gasteiger partial charge is 0.472 e. The average Bonchev–Trinajstić information content (AvgIpc) is 2.93. The number of aliphatic hydroxyl groups excluding tert-OH is 1. The average molecular weight is 244 g/mol. The Labute approximate surface area is 108 Å². The standard InChI is InChI=1S/C16H20O2/c1-13(16-8-10-18-12-16)11-15(7-9-17)14-5-3-2-4-6-14/h2-6,8,10,12-13,15,17H,7,9,11H2,1H3/t13-,15-/m0/s1. The van der Waals surface area contributed by atoms with E-state index in [-0.39, 0.29) is 6.61 Å². The van der Waals surface area contributed by atoms with Gasteiger partial charge in [0.2, 0.25) is 0 Å². The van der Waals surface area contributed by atoms with Crippen LogP contribution in [-0.2, 0) is 0 Å². The topological polar surface area (TPSA) is 33.4 Å². The molecular weight excluding hydrogens is 224 g/mol. The summed E-state index contributed by atoms with van der Waals surface area (Å²) < 4.78 is 5.13. The molecule has 2 heteroatoms. The van der Waals surface area contributed by atoms with Gasteiger partial charge >= 0.3 is 0 Å². The molecule has 0 saturated heterocycles. The number of furan rings is 1. The van der Waals surface area contributed by atoms with Crippen LogP contribution in [-0.4, -0.2) is 11.7 Å². The van der Waals surface area contributed by atoms with Crippen LogP contribution in [0.5, 0.6) is 0 Å². The number of aliphatic hydroxyl groups is 1. The summed E-state index contributed by atoms with van der Waals surface area (Å²) in [5, 5.41) is 9.22. The maximum Gasteiger partial charge on any atom is 0.0937 e. The Morgan fingerprint density at radius 2 is 1.89 bits per heavy atom. The molecule has 0 unspecified atom stereocenters. The van der Waals surface area contributed by atoms with Crippen molar-refractivity contribution in [1.29, 1.82) is 0 Å². The van der Waals surface area contributed by atoms with Crippen molar-refractivity contribution in [3.8, 4) is 0 Å². The highest BCUT2D eigenvalue weighted by molar-refractivity contribution is 5.21. The van der Waals surface area contributed by atoms with Gasteiger partial charge in [0.15, 0.2) is 0 Å². The smallest absolute Gasteiger partial charge is 0.0937 e. The van der Waals surface area contributed by atoms with Gasteiger partial charge < -0.3 is 9.52 Å². The molecule has 2 rings (SSSR count). The van der Waals surface area contributed by atoms with Gasteiger partial charge in [-0.05, 0) is 41.9 Å². The van der Waals surface area contributed by atoms with Crippen LogP contribution in [0.15, 0.2) is 53.3 Å². The molecule has 0 bridgehead atoms. The zero-order valence-electron chi connectivity index (χ0n) is 10.8. The Bertz CT molecular complexity index is 433. The predicted molar refractivity (Wildman–Crippen MR) is 72.6 cm³/mol. The zero-order valence-corrected chi connectivity index (χ0v) is 10.8. The molecule has 1 aromatic carbocycles. The maximum atomic E-state index is 9.22. The third-order valence-electron chi connectivity index (χ3n) is 3.50. The number of benzene rings is 1. The molecule has 0 aliphatic carbocycles. The molecule has 0 radical (unpaired) electrons. The lowest BCUT2D eigenvalue weighted by molar-refractivity contribution is 0.270. The lowest BCUT2D eigenvalue weighted by Crippen LogP contribution is -2.06. The molecule has 0 saturated carbocycles. The van der Waals surface area contributed by atoms with Crippen molar-refractivity contribution in [2.75, 3.05) is 6.61 Å². The molecule has 2 atom stereocenters. The van der Waals surface area contributed by atoms with Crippen molar-refractivity contribution in [2.45, 2.75) is 31.6 Å². The van der Waals surface area contributed by atoms with Gasteiger partial charge in [0.25, 0.3) is 0 Å². The lowest BCUT2D eigenvalue weighted by Gasteiger charge is -2.20. The quantitative estimate of drug-likeness (QED) is 0.835. The van der Waals surface area contributed by atoms with Gasteiger partial charge in [0.05, 0.1) is 12.5 Å². The molecule has 2 aromatic rings. The van der Waals surface area contributed by atoms with Crippen LogP contribution in [0.3, 0.4) is 0 Å². The van der Waals surface area contributed by atoms with E-state index in [1.54, 1.807) is 6.26 Å². The van der Waals surface area contributed by atoms with Gasteiger partial charge in [-0.1, -0.05) is 37.3 Å². The summed E-state index contributed by atoms with van der Waals surface area (Å²) in [6.07, 6.45) is 5.37. The van der Waals surface area contributed by atoms with E-state index < -0.39 is 0 Å². The first kappa shape index (κ1) is 12.9. The van der Waals surface area contributed by atoms with Gasteiger partial charge in [-0.2, -0.15) is 0 Å². The molecular formula is C16H20O2. The Balaban J connectivity index is 2.07. The van der Waals surface area contributed by atoms with E-state index in [1.165, 1.54) is 11.1 Å². The number of hydrogen-bond donors (Lipinski definition) is 1. The van der Waals surface area contributed by atoms with Gasteiger partial charge in [0, 0.05) is 6.61 Å². The Morgan fingerprint density at radius 3 is 2.50 bits per heavy atom. The van der Waals surface area contributed by atoms with Crippen molar-refractivity contribution >= 4 is 0 Å². The van der Waals surface area contributed by atoms with Gasteiger partial charge in [-0.25, -0.2) is 0 Å². The number of rotatable bonds is 6. The van der Waals surface area contributed by atoms with Crippen LogP contribution in [0, 0.1) is 0 Å². The second kappa shape index (κ2) is 6.41. The molecule has 1 heterocycles. The van der Waals surface area contributed by atoms with Crippen LogP contribution in [0.25, 0.3) is 0 Å². The summed E-state index contributed by atoms with van der Waals surface area (Å²) in [5.41, 5.74) is 2.54. The van der Waals surface area contributed by atoms with E-state index in [0.717, 1.165) is 12.8 Å². The minimum absolute atomic E-state index is 0.234. The summed E-state index contributed by atoms with van der Waals surface area (Å²) in [6.45, 7) is 2.44. The summed E-state index contributed by atoms with van der Waals surface area (Å²) >= 11 is 0. The van der Waals surface area contributed by atoms with Crippen molar-refractivity contribution in [3.63, 3.8) is 0 Å². The fourth-order valence-corrected chi connectivity index (χ4v) is 2.42. The minimum Gasteiger partial charge on any atom is -0.472 e. The lowest BCUT2D eigenvalue weighted by atomic mass is 9.85. The van der Waals surface area contributed by atoms with E-state index in [9.17, 15) is 5.11 Å². The molecule has 0 amide bonds. The summed E-state index contributed by atoms with van der Waals surface area (Å²) in [5.74, 6) is 0.849. The van der Waals surface area contributed by atoms with E-state index in [1.807, 2.05) is 18.4 Å². The third kappa shape index (κ3) is 3.23. The van der Waals surface area contributed by atoms with Crippen molar-refractivity contribution in [2.24, 2.45) is 0 Å². The molecule has 0 aliphatic heterocycles. The van der Waals surface area contributed by atoms with Crippen LogP contribution in [0.1, 0.15) is 42.7 Å². The zero-order chi connectivity index (χ0) is 12.8. The summed E-state index contributed by atoms with van der Waals surface area (Å²) in [4.78, 5) is 0. The second-order valence-corrected chi connectivity index (χ2v) is 4.81. The van der Waals surface area contributed by atoms with Gasteiger partial charge in [-0.3, -0.25) is 0 Å². The first-order chi connectivity index (χ1) is 8.81. The van der Waals surface area contributed by atoms with E-state index in [4.69, 9.17) is 4.42 Å². The number of hydrogen-bond acceptors (Lipinski definition) is 2. The van der Waals surface area contributed by atoms with Crippen LogP contribution in [0.2, 0.25) is 0 Å². The van der Waals surface area contributed by atoms with E-state index >= 15 is 0 Å². The monoisotopic (exact) mass is 244 g/mol. The van der Waals surface area contributed by atoms with Crippen molar-refractivity contribution < 1.29 is 9.52 Å². The fourth-order valence-electron chi connectivity index (χ4n) is 2.42. The Hall–Kier alpha value is -1.54.